The van der Waals surface area contributed by atoms with Crippen LogP contribution in [0.2, 0.25) is 5.02 Å². The molecule has 0 saturated carbocycles. The van der Waals surface area contributed by atoms with Crippen LogP contribution in [0.4, 0.5) is 23.1 Å². The number of carbonyl (C=O) groups excluding carboxylic acids is 1. The number of thioether (sulfide) groups is 1. The lowest BCUT2D eigenvalue weighted by atomic mass is 10.0. The zero-order valence-electron chi connectivity index (χ0n) is 22.9. The van der Waals surface area contributed by atoms with Gasteiger partial charge >= 0.3 is 12.1 Å². The number of anilines is 1. The van der Waals surface area contributed by atoms with Crippen LogP contribution in [0.1, 0.15) is 27.2 Å². The van der Waals surface area contributed by atoms with Gasteiger partial charge in [-0.2, -0.15) is 9.97 Å². The maximum atomic E-state index is 16.3. The largest absolute Gasteiger partial charge is 0.462 e. The summed E-state index contributed by atoms with van der Waals surface area (Å²) >= 11 is 8.76. The van der Waals surface area contributed by atoms with Crippen molar-refractivity contribution < 1.29 is 27.4 Å². The number of hydrogen-bond donors (Lipinski definition) is 1. The highest BCUT2D eigenvalue weighted by molar-refractivity contribution is 7.98. The number of hydrogen-bond acceptors (Lipinski definition) is 9. The molecule has 8 nitrogen and oxygen atoms in total. The van der Waals surface area contributed by atoms with Gasteiger partial charge in [-0.05, 0) is 58.7 Å². The molecular formula is C27H27ClF3N5O3S2. The number of halogens is 4. The van der Waals surface area contributed by atoms with Crippen molar-refractivity contribution >= 4 is 67.0 Å². The highest BCUT2D eigenvalue weighted by atomic mass is 35.5. The minimum absolute atomic E-state index is 0.0363. The van der Waals surface area contributed by atoms with Gasteiger partial charge in [-0.1, -0.05) is 22.9 Å². The zero-order chi connectivity index (χ0) is 29.6. The molecule has 1 aliphatic rings. The molecule has 1 N–H and O–H groups in total. The number of nitrogens with zero attached hydrogens (tertiary/aromatic N) is 4. The fourth-order valence-electron chi connectivity index (χ4n) is 4.61. The monoisotopic (exact) mass is 625 g/mol. The van der Waals surface area contributed by atoms with Gasteiger partial charge in [0.1, 0.15) is 34.7 Å². The molecule has 2 atom stereocenters. The number of alkyl halides is 1. The lowest BCUT2D eigenvalue weighted by molar-refractivity contribution is 0.0636. The van der Waals surface area contributed by atoms with Crippen molar-refractivity contribution in [1.29, 1.82) is 0 Å². The highest BCUT2D eigenvalue weighted by Crippen LogP contribution is 2.42. The van der Waals surface area contributed by atoms with Crippen LogP contribution < -0.4 is 10.1 Å². The lowest BCUT2D eigenvalue weighted by Crippen LogP contribution is -2.31. The van der Waals surface area contributed by atoms with Crippen LogP contribution in [0.5, 0.6) is 6.01 Å². The van der Waals surface area contributed by atoms with Gasteiger partial charge in [0, 0.05) is 29.1 Å². The Morgan fingerprint density at radius 2 is 2.00 bits per heavy atom. The topological polar surface area (TPSA) is 89.5 Å². The number of thiazole rings is 1. The van der Waals surface area contributed by atoms with Gasteiger partial charge in [-0.25, -0.2) is 22.9 Å². The fourth-order valence-corrected chi connectivity index (χ4v) is 6.34. The third kappa shape index (κ3) is 6.18. The first-order valence-electron chi connectivity index (χ1n) is 12.6. The molecule has 5 rings (SSSR count). The van der Waals surface area contributed by atoms with Gasteiger partial charge in [0.05, 0.1) is 15.2 Å². The van der Waals surface area contributed by atoms with Gasteiger partial charge in [-0.15, -0.1) is 11.8 Å². The summed E-state index contributed by atoms with van der Waals surface area (Å²) in [5.74, 6) is -1.36. The number of nitrogens with one attached hydrogen (secondary N) is 1. The predicted octanol–water partition coefficient (Wildman–Crippen LogP) is 7.33. The van der Waals surface area contributed by atoms with E-state index in [0.29, 0.717) is 23.4 Å². The van der Waals surface area contributed by atoms with Crippen LogP contribution in [0.15, 0.2) is 23.2 Å². The first-order valence-corrected chi connectivity index (χ1v) is 15.1. The minimum Gasteiger partial charge on any atom is -0.462 e. The molecule has 2 aromatic heterocycles. The Bertz CT molecular complexity index is 1650. The first kappa shape index (κ1) is 29.6. The molecule has 41 heavy (non-hydrogen) atoms. The van der Waals surface area contributed by atoms with E-state index in [1.165, 1.54) is 23.9 Å². The second kappa shape index (κ2) is 11.4. The van der Waals surface area contributed by atoms with E-state index in [9.17, 15) is 13.6 Å². The summed E-state index contributed by atoms with van der Waals surface area (Å²) in [4.78, 5) is 27.2. The van der Waals surface area contributed by atoms with E-state index in [2.05, 4.69) is 20.3 Å². The van der Waals surface area contributed by atoms with Gasteiger partial charge < -0.3 is 9.47 Å². The molecule has 218 valence electrons. The Balaban J connectivity index is 1.56. The standard InChI is InChI=1S/C27H27ClF3N5O3S2/c1-27(2,3)39-26(37)35-25-33-21-14(6-7-17(30)22(21)41-25)18-16(28)9-15-20(19(18)31)32-24(34-23(15)40-5)38-11-13-8-12(29)10-36(13)4/h6-7,9,12-13H,8,10-11H2,1-5H3,(H,33,35,37)/t12-,13+/m1/s1. The molecule has 2 aromatic carbocycles. The van der Waals surface area contributed by atoms with Crippen molar-refractivity contribution in [3.8, 4) is 17.1 Å². The summed E-state index contributed by atoms with van der Waals surface area (Å²) in [6.45, 7) is 5.59. The van der Waals surface area contributed by atoms with Crippen molar-refractivity contribution in [1.82, 2.24) is 19.9 Å². The number of likely N-dealkylation sites (N-methyl/N-ethyl adjacent to an activating group) is 1. The Hall–Kier alpha value is -2.87. The van der Waals surface area contributed by atoms with Crippen LogP contribution in [-0.2, 0) is 4.74 Å². The van der Waals surface area contributed by atoms with Gasteiger partial charge in [0.15, 0.2) is 10.9 Å². The van der Waals surface area contributed by atoms with E-state index in [0.717, 1.165) is 11.3 Å². The number of amides is 1. The Labute approximate surface area is 247 Å². The van der Waals surface area contributed by atoms with Gasteiger partial charge in [0.25, 0.3) is 0 Å². The van der Waals surface area contributed by atoms with Crippen LogP contribution in [0, 0.1) is 11.6 Å². The Kier molecular flexibility index (Phi) is 8.25. The molecule has 0 unspecified atom stereocenters. The number of aromatic nitrogens is 3. The molecule has 0 bridgehead atoms. The van der Waals surface area contributed by atoms with Crippen molar-refractivity contribution in [3.63, 3.8) is 0 Å². The predicted molar refractivity (Wildman–Crippen MR) is 156 cm³/mol. The van der Waals surface area contributed by atoms with Crippen molar-refractivity contribution in [2.75, 3.05) is 31.8 Å². The lowest BCUT2D eigenvalue weighted by Gasteiger charge is -2.19. The van der Waals surface area contributed by atoms with E-state index in [1.54, 1.807) is 33.1 Å². The SMILES string of the molecule is CSc1nc(OC[C@@H]2C[C@@H](F)CN2C)nc2c(F)c(-c3ccc(F)c4sc(NC(=O)OC(C)(C)C)nc34)c(Cl)cc12. The van der Waals surface area contributed by atoms with E-state index in [-0.39, 0.29) is 55.7 Å². The average Bonchev–Trinajstić information content (AvgIpc) is 3.45. The third-order valence-electron chi connectivity index (χ3n) is 6.44. The molecule has 1 aliphatic heterocycles. The van der Waals surface area contributed by atoms with Crippen molar-refractivity contribution in [2.45, 2.75) is 50.0 Å². The summed E-state index contributed by atoms with van der Waals surface area (Å²) in [6, 6.07) is 3.90. The molecule has 1 fully saturated rings. The maximum Gasteiger partial charge on any atom is 0.413 e. The van der Waals surface area contributed by atoms with Crippen LogP contribution in [0.25, 0.3) is 32.2 Å². The summed E-state index contributed by atoms with van der Waals surface area (Å²) in [5.41, 5.74) is -0.496. The van der Waals surface area contributed by atoms with Crippen molar-refractivity contribution in [3.05, 3.63) is 34.9 Å². The Morgan fingerprint density at radius 3 is 2.66 bits per heavy atom. The van der Waals surface area contributed by atoms with E-state index in [4.69, 9.17) is 21.1 Å². The van der Waals surface area contributed by atoms with E-state index < -0.39 is 29.5 Å². The molecule has 1 saturated heterocycles. The second-order valence-corrected chi connectivity index (χ2v) is 12.8. The molecule has 0 radical (unpaired) electrons. The van der Waals surface area contributed by atoms with Crippen molar-refractivity contribution in [2.24, 2.45) is 0 Å². The van der Waals surface area contributed by atoms with E-state index >= 15 is 4.39 Å². The highest BCUT2D eigenvalue weighted by Gasteiger charge is 2.30. The van der Waals surface area contributed by atoms with Gasteiger partial charge in [0.2, 0.25) is 0 Å². The number of fused-ring (bicyclic) bond motifs is 2. The molecule has 4 aromatic rings. The number of ether oxygens (including phenoxy) is 2. The summed E-state index contributed by atoms with van der Waals surface area (Å²) < 4.78 is 56.0. The van der Waals surface area contributed by atoms with E-state index in [1.807, 2.05) is 11.9 Å². The molecule has 14 heteroatoms. The maximum absolute atomic E-state index is 16.3. The van der Waals surface area contributed by atoms with Crippen LogP contribution >= 0.6 is 34.7 Å². The molecular weight excluding hydrogens is 599 g/mol. The minimum atomic E-state index is -0.937. The normalized spacial score (nSPS) is 17.9. The molecule has 3 heterocycles. The number of rotatable bonds is 6. The molecule has 0 spiro atoms. The third-order valence-corrected chi connectivity index (χ3v) is 8.41. The summed E-state index contributed by atoms with van der Waals surface area (Å²) in [5, 5.41) is 3.45. The molecule has 0 aliphatic carbocycles. The average molecular weight is 626 g/mol. The second-order valence-electron chi connectivity index (χ2n) is 10.6. The van der Waals surface area contributed by atoms with Gasteiger partial charge in [-0.3, -0.25) is 10.2 Å². The van der Waals surface area contributed by atoms with Crippen LogP contribution in [-0.4, -0.2) is 70.2 Å². The summed E-state index contributed by atoms with van der Waals surface area (Å²) in [6.07, 6.45) is 0.412. The number of likely N-dealkylation sites (tertiary alicyclic amines) is 1. The Morgan fingerprint density at radius 1 is 1.24 bits per heavy atom. The molecule has 1 amide bonds. The fraction of sp³-hybridized carbons (Fsp3) is 0.407. The summed E-state index contributed by atoms with van der Waals surface area (Å²) in [7, 11) is 1.81. The first-order chi connectivity index (χ1) is 19.3. The number of benzene rings is 2. The number of carbonyl (C=O) groups is 1. The smallest absolute Gasteiger partial charge is 0.413 e. The zero-order valence-corrected chi connectivity index (χ0v) is 25.2. The quantitative estimate of drug-likeness (QED) is 0.176. The van der Waals surface area contributed by atoms with Crippen LogP contribution in [0.3, 0.4) is 0 Å².